The van der Waals surface area contributed by atoms with E-state index in [0.717, 1.165) is 5.56 Å². The lowest BCUT2D eigenvalue weighted by atomic mass is 9.96. The number of aliphatic carboxylic acids is 2. The van der Waals surface area contributed by atoms with Crippen molar-refractivity contribution >= 4 is 59.2 Å². The van der Waals surface area contributed by atoms with E-state index >= 15 is 0 Å². The summed E-state index contributed by atoms with van der Waals surface area (Å²) in [4.78, 5) is 135. The second-order valence-electron chi connectivity index (χ2n) is 19.7. The maximum Gasteiger partial charge on any atom is 0.326 e. The molecule has 24 heteroatoms. The van der Waals surface area contributed by atoms with Crippen molar-refractivity contribution in [2.45, 2.75) is 147 Å². The van der Waals surface area contributed by atoms with Gasteiger partial charge in [-0.05, 0) is 86.2 Å². The number of carboxylic acids is 2. The third-order valence-corrected chi connectivity index (χ3v) is 13.0. The van der Waals surface area contributed by atoms with E-state index < -0.39 is 145 Å². The van der Waals surface area contributed by atoms with Crippen LogP contribution in [0, 0.1) is 11.8 Å². The average molecular weight is 1100 g/mol. The van der Waals surface area contributed by atoms with Crippen molar-refractivity contribution in [1.29, 1.82) is 0 Å². The van der Waals surface area contributed by atoms with Crippen molar-refractivity contribution < 1.29 is 68.4 Å². The molecule has 16 N–H and O–H groups in total. The molecule has 8 amide bonds. The van der Waals surface area contributed by atoms with Crippen LogP contribution in [0.3, 0.4) is 0 Å². The fourth-order valence-corrected chi connectivity index (χ4v) is 8.07. The Hall–Kier alpha value is -7.96. The molecule has 0 radical (unpaired) electrons. The van der Waals surface area contributed by atoms with Crippen LogP contribution >= 0.6 is 0 Å². The van der Waals surface area contributed by atoms with Crippen molar-refractivity contribution in [1.82, 2.24) is 42.5 Å². The molecule has 79 heavy (non-hydrogen) atoms. The van der Waals surface area contributed by atoms with E-state index in [9.17, 15) is 68.4 Å². The SMILES string of the molecule is CC[C@H](C)[C@H](NC(=O)[C@H](CCCCN)NC(=O)[C@H](CCC(=O)O)NC(=O)[C@H](CO)NC(=O)[C@H](C)NC(=O)[C@@H](N)Cc1ccccc1)C(=O)N[C@@H](Cc1ccccc1)C(=O)N[C@@H](Cc1ccc(O)cc1)C(=O)N[C@H](C(=O)O)C(C)C. The molecule has 0 heterocycles. The minimum absolute atomic E-state index is 0.0553. The number of nitrogens with two attached hydrogens (primary N) is 2. The highest BCUT2D eigenvalue weighted by Crippen LogP contribution is 2.16. The number of nitrogens with one attached hydrogen (secondary N) is 8. The van der Waals surface area contributed by atoms with E-state index in [-0.39, 0.29) is 44.4 Å². The van der Waals surface area contributed by atoms with Crippen LogP contribution in [0.1, 0.15) is 89.8 Å². The molecule has 3 aromatic carbocycles. The maximum absolute atomic E-state index is 14.5. The first-order valence-electron chi connectivity index (χ1n) is 26.3. The van der Waals surface area contributed by atoms with Crippen molar-refractivity contribution in [3.63, 3.8) is 0 Å². The quantitative estimate of drug-likeness (QED) is 0.0333. The van der Waals surface area contributed by atoms with E-state index in [4.69, 9.17) is 11.5 Å². The molecule has 3 aromatic rings. The fraction of sp³-hybridized carbons (Fsp3) is 0.491. The number of rotatable bonds is 34. The van der Waals surface area contributed by atoms with Gasteiger partial charge >= 0.3 is 11.9 Å². The number of hydrogen-bond donors (Lipinski definition) is 14. The predicted molar refractivity (Wildman–Crippen MR) is 290 cm³/mol. The van der Waals surface area contributed by atoms with Gasteiger partial charge in [0.1, 0.15) is 54.1 Å². The smallest absolute Gasteiger partial charge is 0.326 e. The number of aliphatic hydroxyl groups is 1. The number of carbonyl (C=O) groups is 10. The van der Waals surface area contributed by atoms with Crippen LogP contribution in [0.25, 0.3) is 0 Å². The summed E-state index contributed by atoms with van der Waals surface area (Å²) in [5.41, 5.74) is 13.7. The van der Waals surface area contributed by atoms with Gasteiger partial charge < -0.3 is 74.4 Å². The van der Waals surface area contributed by atoms with Gasteiger partial charge in [-0.2, -0.15) is 0 Å². The molecule has 0 aromatic heterocycles. The first-order valence-corrected chi connectivity index (χ1v) is 26.3. The van der Waals surface area contributed by atoms with E-state index in [1.54, 1.807) is 88.4 Å². The van der Waals surface area contributed by atoms with Crippen LogP contribution in [0.2, 0.25) is 0 Å². The number of phenols is 1. The van der Waals surface area contributed by atoms with Gasteiger partial charge in [0.05, 0.1) is 12.6 Å². The molecule has 0 bridgehead atoms. The molecule has 0 aliphatic rings. The van der Waals surface area contributed by atoms with Gasteiger partial charge in [0.25, 0.3) is 0 Å². The monoisotopic (exact) mass is 1100 g/mol. The summed E-state index contributed by atoms with van der Waals surface area (Å²) in [6.45, 7) is 7.13. The van der Waals surface area contributed by atoms with Crippen LogP contribution in [-0.2, 0) is 67.2 Å². The number of benzene rings is 3. The Kier molecular flexibility index (Phi) is 27.6. The fourth-order valence-electron chi connectivity index (χ4n) is 8.07. The number of aromatic hydroxyl groups is 1. The van der Waals surface area contributed by atoms with Crippen molar-refractivity contribution in [2.24, 2.45) is 23.3 Å². The van der Waals surface area contributed by atoms with Gasteiger partial charge in [0.15, 0.2) is 0 Å². The zero-order valence-electron chi connectivity index (χ0n) is 45.2. The van der Waals surface area contributed by atoms with Crippen molar-refractivity contribution in [2.75, 3.05) is 13.2 Å². The van der Waals surface area contributed by atoms with Crippen LogP contribution in [0.5, 0.6) is 5.75 Å². The number of carboxylic acid groups (broad SMARTS) is 2. The molecule has 0 saturated heterocycles. The molecular weight excluding hydrogens is 1020 g/mol. The third-order valence-electron chi connectivity index (χ3n) is 13.0. The summed E-state index contributed by atoms with van der Waals surface area (Å²) in [6.07, 6.45) is -0.347. The van der Waals surface area contributed by atoms with Crippen molar-refractivity contribution in [3.8, 4) is 5.75 Å². The Balaban J connectivity index is 1.88. The zero-order chi connectivity index (χ0) is 58.8. The minimum Gasteiger partial charge on any atom is -0.508 e. The minimum atomic E-state index is -1.70. The van der Waals surface area contributed by atoms with Gasteiger partial charge in [-0.15, -0.1) is 0 Å². The molecule has 0 fully saturated rings. The Morgan fingerprint density at radius 2 is 0.937 bits per heavy atom. The zero-order valence-corrected chi connectivity index (χ0v) is 45.2. The Morgan fingerprint density at radius 1 is 0.494 bits per heavy atom. The molecule has 0 aliphatic heterocycles. The standard InChI is InChI=1S/C55H78N10O14/c1-6-32(4)46(54(77)62-41(28-35-17-11-8-12-18-35)51(74)61-42(29-36-20-22-37(67)23-21-36)52(75)64-45(31(2)3)55(78)79)65-50(73)39(19-13-14-26-56)59-49(72)40(24-25-44(68)69)60-53(76)43(30-66)63-47(70)33(5)58-48(71)38(57)27-34-15-9-7-10-16-34/h7-12,15-18,20-23,31-33,38-43,45-46,66-67H,6,13-14,19,24-30,56-57H2,1-5H3,(H,58,71)(H,59,72)(H,60,76)(H,61,74)(H,62,77)(H,63,70)(H,64,75)(H,65,73)(H,68,69)(H,78,79)/t32-,33-,38-,39-,40-,41-,42-,43-,45-,46-/m0/s1. The topological polar surface area (TPSA) is 400 Å². The first-order chi connectivity index (χ1) is 37.5. The summed E-state index contributed by atoms with van der Waals surface area (Å²) in [6, 6.07) is 10.7. The Bertz CT molecular complexity index is 2500. The van der Waals surface area contributed by atoms with Gasteiger partial charge in [0, 0.05) is 19.3 Å². The van der Waals surface area contributed by atoms with E-state index in [1.807, 2.05) is 0 Å². The maximum atomic E-state index is 14.5. The van der Waals surface area contributed by atoms with E-state index in [2.05, 4.69) is 42.5 Å². The van der Waals surface area contributed by atoms with Crippen LogP contribution in [0.4, 0.5) is 0 Å². The first kappa shape index (κ1) is 65.3. The number of phenolic OH excluding ortho intramolecular Hbond substituents is 1. The van der Waals surface area contributed by atoms with Gasteiger partial charge in [0.2, 0.25) is 47.3 Å². The lowest BCUT2D eigenvalue weighted by Gasteiger charge is -2.30. The molecule has 432 valence electrons. The van der Waals surface area contributed by atoms with E-state index in [1.165, 1.54) is 31.2 Å². The number of carbonyl (C=O) groups excluding carboxylic acids is 8. The molecule has 0 unspecified atom stereocenters. The van der Waals surface area contributed by atoms with Crippen LogP contribution in [0.15, 0.2) is 84.9 Å². The number of hydrogen-bond acceptors (Lipinski definition) is 14. The predicted octanol–water partition coefficient (Wildman–Crippen LogP) is -0.582. The Morgan fingerprint density at radius 3 is 1.44 bits per heavy atom. The lowest BCUT2D eigenvalue weighted by Crippen LogP contribution is -2.61. The largest absolute Gasteiger partial charge is 0.508 e. The van der Waals surface area contributed by atoms with E-state index in [0.29, 0.717) is 24.0 Å². The summed E-state index contributed by atoms with van der Waals surface area (Å²) >= 11 is 0. The molecule has 3 rings (SSSR count). The molecule has 24 nitrogen and oxygen atoms in total. The summed E-state index contributed by atoms with van der Waals surface area (Å²) < 4.78 is 0. The normalized spacial score (nSPS) is 14.9. The van der Waals surface area contributed by atoms with Crippen LogP contribution in [-0.4, -0.2) is 147 Å². The lowest BCUT2D eigenvalue weighted by molar-refractivity contribution is -0.143. The Labute approximate surface area is 459 Å². The molecule has 10 atom stereocenters. The third kappa shape index (κ3) is 22.5. The average Bonchev–Trinajstić information content (AvgIpc) is 3.41. The van der Waals surface area contributed by atoms with Crippen LogP contribution < -0.4 is 54.0 Å². The highest BCUT2D eigenvalue weighted by Gasteiger charge is 2.36. The molecular formula is C55H78N10O14. The second-order valence-corrected chi connectivity index (χ2v) is 19.7. The number of aliphatic hydroxyl groups excluding tert-OH is 1. The van der Waals surface area contributed by atoms with Gasteiger partial charge in [-0.3, -0.25) is 43.2 Å². The van der Waals surface area contributed by atoms with Gasteiger partial charge in [-0.1, -0.05) is 107 Å². The second kappa shape index (κ2) is 33.4. The summed E-state index contributed by atoms with van der Waals surface area (Å²) in [5.74, 6) is -11.0. The molecule has 0 aliphatic carbocycles. The molecule has 0 spiro atoms. The number of unbranched alkanes of at least 4 members (excludes halogenated alkanes) is 1. The summed E-state index contributed by atoms with van der Waals surface area (Å²) in [7, 11) is 0. The molecule has 0 saturated carbocycles. The summed E-state index contributed by atoms with van der Waals surface area (Å²) in [5, 5.41) is 59.7. The van der Waals surface area contributed by atoms with Gasteiger partial charge in [-0.25, -0.2) is 4.79 Å². The van der Waals surface area contributed by atoms with Crippen molar-refractivity contribution in [3.05, 3.63) is 102 Å². The highest BCUT2D eigenvalue weighted by atomic mass is 16.4. The highest BCUT2D eigenvalue weighted by molar-refractivity contribution is 5.98. The number of amides is 8.